The summed E-state index contributed by atoms with van der Waals surface area (Å²) in [6.45, 7) is 1.14. The van der Waals surface area contributed by atoms with Crippen LogP contribution in [0.4, 0.5) is 0 Å². The molecule has 2 heteroatoms. The number of benzene rings is 1. The van der Waals surface area contributed by atoms with Crippen molar-refractivity contribution in [2.75, 3.05) is 13.6 Å². The quantitative estimate of drug-likeness (QED) is 0.799. The predicted molar refractivity (Wildman–Crippen MR) is 73.5 cm³/mol. The van der Waals surface area contributed by atoms with E-state index >= 15 is 0 Å². The van der Waals surface area contributed by atoms with Crippen LogP contribution in [0, 0.1) is 0 Å². The summed E-state index contributed by atoms with van der Waals surface area (Å²) in [6.07, 6.45) is 6.02. The second kappa shape index (κ2) is 4.91. The van der Waals surface area contributed by atoms with Gasteiger partial charge in [-0.25, -0.2) is 0 Å². The van der Waals surface area contributed by atoms with Crippen LogP contribution in [0.3, 0.4) is 0 Å². The molecule has 3 rings (SSSR count). The van der Waals surface area contributed by atoms with E-state index in [0.717, 1.165) is 19.4 Å². The van der Waals surface area contributed by atoms with Crippen molar-refractivity contribution in [2.24, 2.45) is 0 Å². The average molecular weight is 238 g/mol. The van der Waals surface area contributed by atoms with E-state index in [1.165, 1.54) is 16.7 Å². The van der Waals surface area contributed by atoms with Gasteiger partial charge in [-0.15, -0.1) is 0 Å². The van der Waals surface area contributed by atoms with Crippen molar-refractivity contribution in [1.82, 2.24) is 9.88 Å². The number of nitrogens with zero attached hydrogens (tertiary/aromatic N) is 2. The molecule has 1 aliphatic rings. The van der Waals surface area contributed by atoms with Gasteiger partial charge in [-0.3, -0.25) is 9.88 Å². The van der Waals surface area contributed by atoms with Crippen LogP contribution in [0.1, 0.15) is 22.7 Å². The maximum atomic E-state index is 4.21. The highest BCUT2D eigenvalue weighted by Gasteiger charge is 2.24. The van der Waals surface area contributed by atoms with Gasteiger partial charge >= 0.3 is 0 Å². The topological polar surface area (TPSA) is 16.1 Å². The molecule has 1 atom stereocenters. The molecular weight excluding hydrogens is 220 g/mol. The largest absolute Gasteiger partial charge is 0.299 e. The summed E-state index contributed by atoms with van der Waals surface area (Å²) in [5.74, 6) is 0. The number of pyridine rings is 1. The number of likely N-dealkylation sites (N-methyl/N-ethyl adjacent to an activating group) is 1. The Morgan fingerprint density at radius 1 is 1.22 bits per heavy atom. The summed E-state index contributed by atoms with van der Waals surface area (Å²) in [6, 6.07) is 13.5. The first-order valence-corrected chi connectivity index (χ1v) is 6.51. The molecule has 2 heterocycles. The number of hydrogen-bond donors (Lipinski definition) is 0. The monoisotopic (exact) mass is 238 g/mol. The first-order chi connectivity index (χ1) is 8.84. The zero-order chi connectivity index (χ0) is 12.4. The van der Waals surface area contributed by atoms with Crippen LogP contribution in [0.15, 0.2) is 48.8 Å². The lowest BCUT2D eigenvalue weighted by molar-refractivity contribution is 0.229. The lowest BCUT2D eigenvalue weighted by atomic mass is 9.89. The van der Waals surface area contributed by atoms with Crippen molar-refractivity contribution in [3.8, 4) is 0 Å². The Morgan fingerprint density at radius 2 is 2.11 bits per heavy atom. The molecule has 0 amide bonds. The molecule has 1 aromatic carbocycles. The lowest BCUT2D eigenvalue weighted by Crippen LogP contribution is -2.33. The van der Waals surface area contributed by atoms with Gasteiger partial charge in [0.1, 0.15) is 0 Å². The maximum Gasteiger partial charge on any atom is 0.0388 e. The summed E-state index contributed by atoms with van der Waals surface area (Å²) < 4.78 is 0. The van der Waals surface area contributed by atoms with Gasteiger partial charge in [0.25, 0.3) is 0 Å². The smallest absolute Gasteiger partial charge is 0.0388 e. The normalized spacial score (nSPS) is 19.5. The molecule has 0 aliphatic carbocycles. The molecule has 0 spiro atoms. The lowest BCUT2D eigenvalue weighted by Gasteiger charge is -2.34. The third-order valence-electron chi connectivity index (χ3n) is 3.83. The van der Waals surface area contributed by atoms with E-state index in [1.54, 1.807) is 0 Å². The third-order valence-corrected chi connectivity index (χ3v) is 3.83. The minimum atomic E-state index is 0.485. The van der Waals surface area contributed by atoms with Gasteiger partial charge in [-0.05, 0) is 42.6 Å². The molecular formula is C16H18N2. The van der Waals surface area contributed by atoms with E-state index in [9.17, 15) is 0 Å². The van der Waals surface area contributed by atoms with Crippen molar-refractivity contribution < 1.29 is 0 Å². The third kappa shape index (κ3) is 2.16. The van der Waals surface area contributed by atoms with E-state index in [0.29, 0.717) is 6.04 Å². The first kappa shape index (κ1) is 11.4. The highest BCUT2D eigenvalue weighted by molar-refractivity contribution is 5.33. The molecule has 0 radical (unpaired) electrons. The number of rotatable bonds is 2. The minimum absolute atomic E-state index is 0.485. The molecule has 1 aliphatic heterocycles. The number of fused-ring (bicyclic) bond motifs is 1. The number of aromatic nitrogens is 1. The van der Waals surface area contributed by atoms with Crippen molar-refractivity contribution >= 4 is 0 Å². The van der Waals surface area contributed by atoms with Gasteiger partial charge in [0.15, 0.2) is 0 Å². The Morgan fingerprint density at radius 3 is 2.94 bits per heavy atom. The average Bonchev–Trinajstić information content (AvgIpc) is 2.43. The van der Waals surface area contributed by atoms with Crippen LogP contribution in [0.2, 0.25) is 0 Å². The van der Waals surface area contributed by atoms with Crippen LogP contribution >= 0.6 is 0 Å². The Hall–Kier alpha value is -1.67. The number of hydrogen-bond acceptors (Lipinski definition) is 2. The van der Waals surface area contributed by atoms with Crippen molar-refractivity contribution in [3.63, 3.8) is 0 Å². The van der Waals surface area contributed by atoms with E-state index in [4.69, 9.17) is 0 Å². The van der Waals surface area contributed by atoms with E-state index in [2.05, 4.69) is 47.3 Å². The van der Waals surface area contributed by atoms with Crippen LogP contribution in [-0.4, -0.2) is 23.5 Å². The van der Waals surface area contributed by atoms with Gasteiger partial charge in [-0.2, -0.15) is 0 Å². The molecule has 2 nitrogen and oxygen atoms in total. The van der Waals surface area contributed by atoms with Gasteiger partial charge in [-0.1, -0.05) is 30.3 Å². The van der Waals surface area contributed by atoms with Gasteiger partial charge in [0.05, 0.1) is 0 Å². The second-order valence-corrected chi connectivity index (χ2v) is 5.01. The van der Waals surface area contributed by atoms with E-state index < -0.39 is 0 Å². The molecule has 1 unspecified atom stereocenters. The van der Waals surface area contributed by atoms with Crippen LogP contribution < -0.4 is 0 Å². The van der Waals surface area contributed by atoms with Gasteiger partial charge < -0.3 is 0 Å². The highest BCUT2D eigenvalue weighted by atomic mass is 15.1. The summed E-state index contributed by atoms with van der Waals surface area (Å²) in [5, 5.41) is 0. The van der Waals surface area contributed by atoms with Gasteiger partial charge in [0.2, 0.25) is 0 Å². The van der Waals surface area contributed by atoms with Crippen LogP contribution in [-0.2, 0) is 12.8 Å². The zero-order valence-electron chi connectivity index (χ0n) is 10.7. The summed E-state index contributed by atoms with van der Waals surface area (Å²) in [5.41, 5.74) is 4.30. The zero-order valence-corrected chi connectivity index (χ0v) is 10.7. The Bertz CT molecular complexity index is 522. The SMILES string of the molecule is CN1CCc2ccccc2C1Cc1cccnc1. The fraction of sp³-hybridized carbons (Fsp3) is 0.312. The van der Waals surface area contributed by atoms with Crippen molar-refractivity contribution in [3.05, 3.63) is 65.5 Å². The maximum absolute atomic E-state index is 4.21. The standard InChI is InChI=1S/C16H18N2/c1-18-10-8-14-6-2-3-7-15(14)16(18)11-13-5-4-9-17-12-13/h2-7,9,12,16H,8,10-11H2,1H3. The van der Waals surface area contributed by atoms with Crippen molar-refractivity contribution in [1.29, 1.82) is 0 Å². The molecule has 1 aromatic heterocycles. The molecule has 92 valence electrons. The molecule has 0 N–H and O–H groups in total. The fourth-order valence-electron chi connectivity index (χ4n) is 2.78. The molecule has 18 heavy (non-hydrogen) atoms. The summed E-state index contributed by atoms with van der Waals surface area (Å²) >= 11 is 0. The molecule has 0 bridgehead atoms. The summed E-state index contributed by atoms with van der Waals surface area (Å²) in [4.78, 5) is 6.67. The molecule has 0 fully saturated rings. The van der Waals surface area contributed by atoms with Crippen LogP contribution in [0.5, 0.6) is 0 Å². The first-order valence-electron chi connectivity index (χ1n) is 6.51. The Kier molecular flexibility index (Phi) is 3.11. The second-order valence-electron chi connectivity index (χ2n) is 5.01. The van der Waals surface area contributed by atoms with Gasteiger partial charge in [0, 0.05) is 25.0 Å². The molecule has 0 saturated heterocycles. The highest BCUT2D eigenvalue weighted by Crippen LogP contribution is 2.30. The summed E-state index contributed by atoms with van der Waals surface area (Å²) in [7, 11) is 2.22. The van der Waals surface area contributed by atoms with E-state index in [-0.39, 0.29) is 0 Å². The Labute approximate surface area is 108 Å². The minimum Gasteiger partial charge on any atom is -0.299 e. The van der Waals surface area contributed by atoms with Crippen LogP contribution in [0.25, 0.3) is 0 Å². The fourth-order valence-corrected chi connectivity index (χ4v) is 2.78. The predicted octanol–water partition coefficient (Wildman–Crippen LogP) is 2.85. The molecule has 0 saturated carbocycles. The Balaban J connectivity index is 1.91. The van der Waals surface area contributed by atoms with Crippen molar-refractivity contribution in [2.45, 2.75) is 18.9 Å². The molecule has 2 aromatic rings. The van der Waals surface area contributed by atoms with E-state index in [1.807, 2.05) is 18.5 Å².